The monoisotopic (exact) mass is 498 g/mol. The van der Waals surface area contributed by atoms with Crippen LogP contribution < -0.4 is 14.9 Å². The number of para-hydroxylation sites is 1. The molecule has 2 aliphatic heterocycles. The molecule has 8 rings (SSSR count). The summed E-state index contributed by atoms with van der Waals surface area (Å²) in [5.74, 6) is 0.872. The average molecular weight is 498 g/mol. The van der Waals surface area contributed by atoms with Gasteiger partial charge in [-0.15, -0.1) is 0 Å². The third kappa shape index (κ3) is 3.57. The van der Waals surface area contributed by atoms with Gasteiger partial charge in [0.25, 0.3) is 0 Å². The number of fused-ring (bicyclic) bond motifs is 8. The van der Waals surface area contributed by atoms with Crippen molar-refractivity contribution in [2.45, 2.75) is 0 Å². The molecule has 2 aliphatic rings. The van der Waals surface area contributed by atoms with Gasteiger partial charge in [0, 0.05) is 22.4 Å². The van der Waals surface area contributed by atoms with Crippen LogP contribution in [0.4, 0.5) is 11.4 Å². The first-order valence-corrected chi connectivity index (χ1v) is 13.2. The zero-order valence-electron chi connectivity index (χ0n) is 21.2. The van der Waals surface area contributed by atoms with Gasteiger partial charge in [0.05, 0.1) is 17.1 Å². The first kappa shape index (κ1) is 21.9. The summed E-state index contributed by atoms with van der Waals surface area (Å²) in [6.07, 6.45) is 0. The highest BCUT2D eigenvalue weighted by molar-refractivity contribution is 6.77. The Morgan fingerprint density at radius 2 is 1.13 bits per heavy atom. The third-order valence-electron chi connectivity index (χ3n) is 7.67. The summed E-state index contributed by atoms with van der Waals surface area (Å²) in [6, 6.07) is 48.8. The van der Waals surface area contributed by atoms with E-state index >= 15 is 0 Å². The number of benzene rings is 5. The highest BCUT2D eigenvalue weighted by atomic mass is 16.5. The van der Waals surface area contributed by atoms with Gasteiger partial charge in [0.1, 0.15) is 5.75 Å². The normalized spacial score (nSPS) is 12.7. The SMILES string of the molecule is c1ccc(-c2cc(-c3ccccc3)nc(-c3ccc4c(c3)OB3c5ccccc5-c5ccccc5N34)c2)cc1. The van der Waals surface area contributed by atoms with E-state index in [2.05, 4.69) is 132 Å². The molecule has 0 spiro atoms. The van der Waals surface area contributed by atoms with Crippen molar-refractivity contribution in [3.63, 3.8) is 0 Å². The van der Waals surface area contributed by atoms with Gasteiger partial charge in [0.2, 0.25) is 0 Å². The molecule has 0 aliphatic carbocycles. The van der Waals surface area contributed by atoms with Crippen molar-refractivity contribution in [2.24, 2.45) is 0 Å². The number of hydrogen-bond acceptors (Lipinski definition) is 3. The molecule has 0 saturated carbocycles. The smallest absolute Gasteiger partial charge is 0.524 e. The standard InChI is InChI=1S/C35H23BN2O/c1-3-11-24(12-4-1)27-21-31(25-13-5-2-6-14-25)37-32(22-27)26-19-20-34-35(23-26)39-36-30-17-9-7-15-28(30)29-16-8-10-18-33(29)38(34)36/h1-23H. The van der Waals surface area contributed by atoms with E-state index in [4.69, 9.17) is 9.64 Å². The first-order chi connectivity index (χ1) is 19.3. The minimum absolute atomic E-state index is 0.190. The van der Waals surface area contributed by atoms with E-state index in [0.717, 1.165) is 39.5 Å². The van der Waals surface area contributed by atoms with Crippen molar-refractivity contribution in [3.8, 4) is 50.5 Å². The number of aromatic nitrogens is 1. The van der Waals surface area contributed by atoms with E-state index < -0.39 is 0 Å². The lowest BCUT2D eigenvalue weighted by Crippen LogP contribution is -2.50. The summed E-state index contributed by atoms with van der Waals surface area (Å²) in [4.78, 5) is 7.44. The fraction of sp³-hybridized carbons (Fsp3) is 0. The maximum absolute atomic E-state index is 6.68. The van der Waals surface area contributed by atoms with Crippen LogP contribution in [-0.4, -0.2) is 12.0 Å². The largest absolute Gasteiger partial charge is 0.536 e. The van der Waals surface area contributed by atoms with Crippen LogP contribution in [0, 0.1) is 0 Å². The Labute approximate surface area is 228 Å². The van der Waals surface area contributed by atoms with Gasteiger partial charge in [-0.3, -0.25) is 0 Å². The Morgan fingerprint density at radius 1 is 0.487 bits per heavy atom. The Balaban J connectivity index is 1.27. The Morgan fingerprint density at radius 3 is 1.92 bits per heavy atom. The van der Waals surface area contributed by atoms with E-state index in [1.54, 1.807) is 0 Å². The van der Waals surface area contributed by atoms with Gasteiger partial charge in [-0.05, 0) is 52.5 Å². The van der Waals surface area contributed by atoms with Crippen molar-refractivity contribution in [2.75, 3.05) is 4.81 Å². The Bertz CT molecular complexity index is 1800. The molecule has 0 radical (unpaired) electrons. The van der Waals surface area contributed by atoms with E-state index in [9.17, 15) is 0 Å². The molecular weight excluding hydrogens is 475 g/mol. The number of pyridine rings is 1. The van der Waals surface area contributed by atoms with Gasteiger partial charge >= 0.3 is 7.05 Å². The lowest BCUT2D eigenvalue weighted by atomic mass is 9.65. The molecule has 0 bridgehead atoms. The number of hydrogen-bond donors (Lipinski definition) is 0. The first-order valence-electron chi connectivity index (χ1n) is 13.2. The predicted octanol–water partition coefficient (Wildman–Crippen LogP) is 7.99. The fourth-order valence-corrected chi connectivity index (χ4v) is 5.83. The molecule has 182 valence electrons. The van der Waals surface area contributed by atoms with Crippen molar-refractivity contribution < 1.29 is 4.65 Å². The molecule has 4 heteroatoms. The summed E-state index contributed by atoms with van der Waals surface area (Å²) < 4.78 is 6.68. The van der Waals surface area contributed by atoms with Gasteiger partial charge in [-0.2, -0.15) is 0 Å². The van der Waals surface area contributed by atoms with Crippen molar-refractivity contribution in [3.05, 3.63) is 140 Å². The minimum atomic E-state index is -0.190. The van der Waals surface area contributed by atoms with Crippen LogP contribution in [0.5, 0.6) is 5.75 Å². The summed E-state index contributed by atoms with van der Waals surface area (Å²) >= 11 is 0. The van der Waals surface area contributed by atoms with Crippen LogP contribution in [0.3, 0.4) is 0 Å². The van der Waals surface area contributed by atoms with Crippen LogP contribution in [0.25, 0.3) is 44.8 Å². The second kappa shape index (κ2) is 8.75. The molecule has 3 heterocycles. The van der Waals surface area contributed by atoms with E-state index in [1.165, 1.54) is 27.8 Å². The van der Waals surface area contributed by atoms with Crippen LogP contribution in [0.2, 0.25) is 0 Å². The molecule has 0 saturated heterocycles. The minimum Gasteiger partial charge on any atom is -0.536 e. The Kier molecular flexibility index (Phi) is 4.92. The molecular formula is C35H23BN2O. The van der Waals surface area contributed by atoms with Crippen LogP contribution in [0.1, 0.15) is 0 Å². The van der Waals surface area contributed by atoms with Gasteiger partial charge in [-0.25, -0.2) is 4.98 Å². The van der Waals surface area contributed by atoms with Crippen LogP contribution in [-0.2, 0) is 0 Å². The predicted molar refractivity (Wildman–Crippen MR) is 161 cm³/mol. The number of nitrogens with zero attached hydrogens (tertiary/aromatic N) is 2. The summed E-state index contributed by atoms with van der Waals surface area (Å²) in [7, 11) is -0.190. The molecule has 6 aromatic rings. The summed E-state index contributed by atoms with van der Waals surface area (Å²) in [5, 5.41) is 0. The molecule has 5 aromatic carbocycles. The molecule has 39 heavy (non-hydrogen) atoms. The quantitative estimate of drug-likeness (QED) is 0.231. The molecule has 3 nitrogen and oxygen atoms in total. The highest BCUT2D eigenvalue weighted by Gasteiger charge is 2.44. The van der Waals surface area contributed by atoms with Gasteiger partial charge in [0.15, 0.2) is 0 Å². The lowest BCUT2D eigenvalue weighted by molar-refractivity contribution is 0.603. The van der Waals surface area contributed by atoms with Crippen LogP contribution in [0.15, 0.2) is 140 Å². The maximum atomic E-state index is 6.68. The molecule has 0 atom stereocenters. The van der Waals surface area contributed by atoms with Crippen molar-refractivity contribution in [1.82, 2.24) is 4.98 Å². The van der Waals surface area contributed by atoms with E-state index in [-0.39, 0.29) is 7.05 Å². The zero-order valence-corrected chi connectivity index (χ0v) is 21.2. The van der Waals surface area contributed by atoms with Crippen molar-refractivity contribution in [1.29, 1.82) is 0 Å². The summed E-state index contributed by atoms with van der Waals surface area (Å²) in [6.45, 7) is 0. The second-order valence-corrected chi connectivity index (χ2v) is 9.99. The molecule has 0 unspecified atom stereocenters. The van der Waals surface area contributed by atoms with Crippen LogP contribution >= 0.6 is 0 Å². The topological polar surface area (TPSA) is 25.4 Å². The van der Waals surface area contributed by atoms with Gasteiger partial charge in [-0.1, -0.05) is 109 Å². The second-order valence-electron chi connectivity index (χ2n) is 9.99. The number of rotatable bonds is 3. The zero-order chi connectivity index (χ0) is 25.8. The third-order valence-corrected chi connectivity index (χ3v) is 7.67. The Hall–Kier alpha value is -5.09. The highest BCUT2D eigenvalue weighted by Crippen LogP contribution is 2.48. The number of anilines is 2. The van der Waals surface area contributed by atoms with Gasteiger partial charge < -0.3 is 9.47 Å². The van der Waals surface area contributed by atoms with Crippen molar-refractivity contribution >= 4 is 23.9 Å². The maximum Gasteiger partial charge on any atom is 0.524 e. The van der Waals surface area contributed by atoms with E-state index in [0.29, 0.717) is 0 Å². The molecule has 0 fully saturated rings. The molecule has 0 amide bonds. The lowest BCUT2D eigenvalue weighted by Gasteiger charge is -2.31. The molecule has 1 aromatic heterocycles. The van der Waals surface area contributed by atoms with E-state index in [1.807, 2.05) is 12.1 Å². The molecule has 0 N–H and O–H groups in total. The average Bonchev–Trinajstić information content (AvgIpc) is 3.41. The summed E-state index contributed by atoms with van der Waals surface area (Å²) in [5.41, 5.74) is 12.2. The fourth-order valence-electron chi connectivity index (χ4n) is 5.83.